The maximum atomic E-state index is 6.31. The van der Waals surface area contributed by atoms with E-state index in [1.165, 1.54) is 16.0 Å². The van der Waals surface area contributed by atoms with Gasteiger partial charge in [-0.1, -0.05) is 29.8 Å². The highest BCUT2D eigenvalue weighted by Crippen LogP contribution is 2.40. The van der Waals surface area contributed by atoms with Crippen molar-refractivity contribution in [2.24, 2.45) is 5.73 Å². The first kappa shape index (κ1) is 13.5. The monoisotopic (exact) mass is 285 g/mol. The van der Waals surface area contributed by atoms with Crippen molar-refractivity contribution < 1.29 is 4.74 Å². The van der Waals surface area contributed by atoms with Crippen LogP contribution in [-0.2, 0) is 0 Å². The second kappa shape index (κ2) is 5.51. The maximum absolute atomic E-state index is 6.31. The van der Waals surface area contributed by atoms with Gasteiger partial charge in [0.15, 0.2) is 0 Å². The van der Waals surface area contributed by atoms with Crippen molar-refractivity contribution in [3.63, 3.8) is 0 Å². The highest BCUT2D eigenvalue weighted by Gasteiger charge is 2.26. The number of nitrogens with two attached hydrogens (primary N) is 1. The van der Waals surface area contributed by atoms with Crippen LogP contribution in [0.1, 0.15) is 35.3 Å². The quantitative estimate of drug-likeness (QED) is 0.838. The standard InChI is InChI=1S/C17H19NOS/c1-11-3-8-16-14(9-11)15(18)10-17(19-16)12-4-6-13(20-2)7-5-12/h3-9,15,17H,10,18H2,1-2H3. The first-order valence-electron chi connectivity index (χ1n) is 6.84. The van der Waals surface area contributed by atoms with Gasteiger partial charge in [0.1, 0.15) is 11.9 Å². The normalized spacial score (nSPS) is 21.1. The number of rotatable bonds is 2. The Balaban J connectivity index is 1.88. The molecule has 20 heavy (non-hydrogen) atoms. The minimum atomic E-state index is 0.0453. The van der Waals surface area contributed by atoms with E-state index in [0.29, 0.717) is 0 Å². The third kappa shape index (κ3) is 2.56. The van der Waals surface area contributed by atoms with Crippen LogP contribution < -0.4 is 10.5 Å². The van der Waals surface area contributed by atoms with E-state index in [0.717, 1.165) is 17.7 Å². The highest BCUT2D eigenvalue weighted by molar-refractivity contribution is 7.98. The molecule has 2 unspecified atom stereocenters. The molecule has 0 fully saturated rings. The number of ether oxygens (including phenoxy) is 1. The molecule has 2 atom stereocenters. The third-order valence-electron chi connectivity index (χ3n) is 3.79. The molecule has 0 amide bonds. The van der Waals surface area contributed by atoms with Crippen molar-refractivity contribution in [3.8, 4) is 5.75 Å². The van der Waals surface area contributed by atoms with E-state index in [9.17, 15) is 0 Å². The summed E-state index contributed by atoms with van der Waals surface area (Å²) in [6, 6.07) is 14.8. The van der Waals surface area contributed by atoms with Gasteiger partial charge >= 0.3 is 0 Å². The second-order valence-electron chi connectivity index (χ2n) is 5.26. The summed E-state index contributed by atoms with van der Waals surface area (Å²) in [6.45, 7) is 2.08. The molecule has 1 aliphatic heterocycles. The Morgan fingerprint density at radius 1 is 1.15 bits per heavy atom. The van der Waals surface area contributed by atoms with Gasteiger partial charge in [-0.05, 0) is 36.9 Å². The molecule has 0 bridgehead atoms. The molecule has 0 aliphatic carbocycles. The first-order chi connectivity index (χ1) is 9.67. The second-order valence-corrected chi connectivity index (χ2v) is 6.14. The van der Waals surface area contributed by atoms with E-state index >= 15 is 0 Å². The van der Waals surface area contributed by atoms with Gasteiger partial charge in [0.05, 0.1) is 0 Å². The molecule has 2 aromatic carbocycles. The van der Waals surface area contributed by atoms with E-state index in [-0.39, 0.29) is 12.1 Å². The minimum absolute atomic E-state index is 0.0453. The van der Waals surface area contributed by atoms with Crippen molar-refractivity contribution in [2.75, 3.05) is 6.26 Å². The van der Waals surface area contributed by atoms with E-state index in [1.54, 1.807) is 11.8 Å². The molecule has 0 aromatic heterocycles. The molecule has 0 saturated carbocycles. The zero-order chi connectivity index (χ0) is 14.1. The summed E-state index contributed by atoms with van der Waals surface area (Å²) < 4.78 is 6.13. The molecule has 0 spiro atoms. The first-order valence-corrected chi connectivity index (χ1v) is 8.06. The predicted molar refractivity (Wildman–Crippen MR) is 84.3 cm³/mol. The number of aryl methyl sites for hydroxylation is 1. The van der Waals surface area contributed by atoms with E-state index in [2.05, 4.69) is 49.6 Å². The lowest BCUT2D eigenvalue weighted by Gasteiger charge is -2.31. The fourth-order valence-corrected chi connectivity index (χ4v) is 3.05. The minimum Gasteiger partial charge on any atom is -0.485 e. The summed E-state index contributed by atoms with van der Waals surface area (Å²) in [5.74, 6) is 0.924. The van der Waals surface area contributed by atoms with Crippen LogP contribution in [0.2, 0.25) is 0 Å². The van der Waals surface area contributed by atoms with Gasteiger partial charge in [-0.25, -0.2) is 0 Å². The molecule has 2 aromatic rings. The molecular formula is C17H19NOS. The van der Waals surface area contributed by atoms with Crippen molar-refractivity contribution in [3.05, 3.63) is 59.2 Å². The topological polar surface area (TPSA) is 35.2 Å². The van der Waals surface area contributed by atoms with Crippen LogP contribution in [-0.4, -0.2) is 6.26 Å². The Hall–Kier alpha value is -1.45. The van der Waals surface area contributed by atoms with Crippen LogP contribution in [0.25, 0.3) is 0 Å². The Morgan fingerprint density at radius 2 is 1.90 bits per heavy atom. The summed E-state index contributed by atoms with van der Waals surface area (Å²) in [5, 5.41) is 0. The molecule has 2 N–H and O–H groups in total. The van der Waals surface area contributed by atoms with E-state index < -0.39 is 0 Å². The van der Waals surface area contributed by atoms with Gasteiger partial charge in [0.25, 0.3) is 0 Å². The number of hydrogen-bond donors (Lipinski definition) is 1. The van der Waals surface area contributed by atoms with Gasteiger partial charge in [0.2, 0.25) is 0 Å². The summed E-state index contributed by atoms with van der Waals surface area (Å²) in [6.07, 6.45) is 2.96. The molecule has 3 heteroatoms. The van der Waals surface area contributed by atoms with Gasteiger partial charge in [0, 0.05) is 22.9 Å². The van der Waals surface area contributed by atoms with E-state index in [4.69, 9.17) is 10.5 Å². The zero-order valence-electron chi connectivity index (χ0n) is 11.8. The van der Waals surface area contributed by atoms with Crippen LogP contribution >= 0.6 is 11.8 Å². The van der Waals surface area contributed by atoms with Crippen LogP contribution in [0.5, 0.6) is 5.75 Å². The van der Waals surface area contributed by atoms with Crippen molar-refractivity contribution >= 4 is 11.8 Å². The Bertz CT molecular complexity index is 609. The molecular weight excluding hydrogens is 266 g/mol. The summed E-state index contributed by atoms with van der Waals surface area (Å²) in [5.41, 5.74) is 9.87. The summed E-state index contributed by atoms with van der Waals surface area (Å²) in [4.78, 5) is 1.27. The van der Waals surface area contributed by atoms with Gasteiger partial charge in [-0.3, -0.25) is 0 Å². The van der Waals surface area contributed by atoms with Gasteiger partial charge in [-0.2, -0.15) is 0 Å². The van der Waals surface area contributed by atoms with Crippen LogP contribution in [0.15, 0.2) is 47.4 Å². The lowest BCUT2D eigenvalue weighted by molar-refractivity contribution is 0.161. The zero-order valence-corrected chi connectivity index (χ0v) is 12.6. The van der Waals surface area contributed by atoms with Crippen LogP contribution in [0, 0.1) is 6.92 Å². The highest BCUT2D eigenvalue weighted by atomic mass is 32.2. The third-order valence-corrected chi connectivity index (χ3v) is 4.53. The SMILES string of the molecule is CSc1ccc(C2CC(N)c3cc(C)ccc3O2)cc1. The number of fused-ring (bicyclic) bond motifs is 1. The van der Waals surface area contributed by atoms with Crippen molar-refractivity contribution in [2.45, 2.75) is 30.4 Å². The Morgan fingerprint density at radius 3 is 2.60 bits per heavy atom. The molecule has 1 heterocycles. The fourth-order valence-electron chi connectivity index (χ4n) is 2.65. The largest absolute Gasteiger partial charge is 0.485 e. The fraction of sp³-hybridized carbons (Fsp3) is 0.294. The molecule has 104 valence electrons. The van der Waals surface area contributed by atoms with Crippen molar-refractivity contribution in [1.82, 2.24) is 0 Å². The van der Waals surface area contributed by atoms with Crippen LogP contribution in [0.4, 0.5) is 0 Å². The molecule has 1 aliphatic rings. The lowest BCUT2D eigenvalue weighted by Crippen LogP contribution is -2.24. The van der Waals surface area contributed by atoms with Gasteiger partial charge < -0.3 is 10.5 Å². The number of thioether (sulfide) groups is 1. The molecule has 3 rings (SSSR count). The molecule has 0 saturated heterocycles. The summed E-state index contributed by atoms with van der Waals surface area (Å²) in [7, 11) is 0. The molecule has 2 nitrogen and oxygen atoms in total. The molecule has 0 radical (unpaired) electrons. The Labute approximate surface area is 124 Å². The number of hydrogen-bond acceptors (Lipinski definition) is 3. The summed E-state index contributed by atoms with van der Waals surface area (Å²) >= 11 is 1.75. The number of benzene rings is 2. The predicted octanol–water partition coefficient (Wildman–Crippen LogP) is 4.24. The Kier molecular flexibility index (Phi) is 3.72. The smallest absolute Gasteiger partial charge is 0.126 e. The average Bonchev–Trinajstić information content (AvgIpc) is 2.48. The van der Waals surface area contributed by atoms with E-state index in [1.807, 2.05) is 6.07 Å². The lowest BCUT2D eigenvalue weighted by atomic mass is 9.93. The van der Waals surface area contributed by atoms with Crippen LogP contribution in [0.3, 0.4) is 0 Å². The average molecular weight is 285 g/mol. The van der Waals surface area contributed by atoms with Gasteiger partial charge in [-0.15, -0.1) is 11.8 Å². The van der Waals surface area contributed by atoms with Crippen molar-refractivity contribution in [1.29, 1.82) is 0 Å². The maximum Gasteiger partial charge on any atom is 0.126 e.